The lowest BCUT2D eigenvalue weighted by Crippen LogP contribution is -1.95. The maximum atomic E-state index is 13.5. The van der Waals surface area contributed by atoms with Crippen LogP contribution >= 0.6 is 0 Å². The first-order valence-electron chi connectivity index (χ1n) is 5.20. The highest BCUT2D eigenvalue weighted by Gasteiger charge is 2.08. The number of rotatable bonds is 3. The first-order valence-corrected chi connectivity index (χ1v) is 5.20. The Morgan fingerprint density at radius 1 is 1.12 bits per heavy atom. The molecule has 0 amide bonds. The smallest absolute Gasteiger partial charge is 0.165 e. The third-order valence-electron chi connectivity index (χ3n) is 2.31. The normalized spacial score (nSPS) is 10.0. The summed E-state index contributed by atoms with van der Waals surface area (Å²) >= 11 is 0. The molecule has 0 N–H and O–H groups in total. The molecule has 2 nitrogen and oxygen atoms in total. The fraction of sp³-hybridized carbons (Fsp3) is 0.0714. The summed E-state index contributed by atoms with van der Waals surface area (Å²) in [5.74, 6) is -0.0160. The molecule has 0 heterocycles. The highest BCUT2D eigenvalue weighted by atomic mass is 19.1. The van der Waals surface area contributed by atoms with Crippen molar-refractivity contribution in [3.05, 3.63) is 59.9 Å². The van der Waals surface area contributed by atoms with Crippen LogP contribution in [0.25, 0.3) is 0 Å². The number of benzene rings is 2. The van der Waals surface area contributed by atoms with Crippen molar-refractivity contribution in [3.8, 4) is 11.5 Å². The molecular formula is C14H11FO2. The summed E-state index contributed by atoms with van der Waals surface area (Å²) in [6.45, 7) is 1.43. The molecule has 3 heteroatoms. The lowest BCUT2D eigenvalue weighted by Gasteiger charge is -2.07. The van der Waals surface area contributed by atoms with E-state index in [4.69, 9.17) is 4.74 Å². The zero-order valence-corrected chi connectivity index (χ0v) is 9.31. The molecule has 0 aliphatic rings. The minimum atomic E-state index is -0.487. The standard InChI is InChI=1S/C14H11FO2/c1-10(16)11-7-8-13(15)14(9-11)17-12-5-3-2-4-6-12/h2-9H,1H3. The predicted octanol–water partition coefficient (Wildman–Crippen LogP) is 3.82. The van der Waals surface area contributed by atoms with Crippen LogP contribution in [0.4, 0.5) is 4.39 Å². The van der Waals surface area contributed by atoms with E-state index in [9.17, 15) is 9.18 Å². The molecule has 0 spiro atoms. The minimum Gasteiger partial charge on any atom is -0.454 e. The summed E-state index contributed by atoms with van der Waals surface area (Å²) < 4.78 is 18.9. The predicted molar refractivity (Wildman–Crippen MR) is 62.9 cm³/mol. The molecule has 0 aliphatic heterocycles. The molecule has 0 bridgehead atoms. The monoisotopic (exact) mass is 230 g/mol. The van der Waals surface area contributed by atoms with Gasteiger partial charge >= 0.3 is 0 Å². The van der Waals surface area contributed by atoms with E-state index in [-0.39, 0.29) is 11.5 Å². The van der Waals surface area contributed by atoms with Crippen LogP contribution in [0.2, 0.25) is 0 Å². The molecule has 2 aromatic rings. The van der Waals surface area contributed by atoms with Crippen molar-refractivity contribution >= 4 is 5.78 Å². The Hall–Kier alpha value is -2.16. The van der Waals surface area contributed by atoms with Crippen LogP contribution in [-0.4, -0.2) is 5.78 Å². The van der Waals surface area contributed by atoms with Crippen molar-refractivity contribution in [3.63, 3.8) is 0 Å². The van der Waals surface area contributed by atoms with Gasteiger partial charge in [0, 0.05) is 5.56 Å². The summed E-state index contributed by atoms with van der Waals surface area (Å²) in [6, 6.07) is 13.0. The second-order valence-electron chi connectivity index (χ2n) is 3.62. The van der Waals surface area contributed by atoms with Gasteiger partial charge in [0.1, 0.15) is 5.75 Å². The first kappa shape index (κ1) is 11.3. The topological polar surface area (TPSA) is 26.3 Å². The summed E-state index contributed by atoms with van der Waals surface area (Å²) in [7, 11) is 0. The van der Waals surface area contributed by atoms with Gasteiger partial charge in [0.05, 0.1) is 0 Å². The molecular weight excluding hydrogens is 219 g/mol. The molecule has 0 radical (unpaired) electrons. The average molecular weight is 230 g/mol. The number of Topliss-reactive ketones (excluding diaryl/α,β-unsaturated/α-hetero) is 1. The molecule has 0 fully saturated rings. The lowest BCUT2D eigenvalue weighted by atomic mass is 10.1. The van der Waals surface area contributed by atoms with E-state index < -0.39 is 5.82 Å². The van der Waals surface area contributed by atoms with Gasteiger partial charge in [-0.2, -0.15) is 0 Å². The van der Waals surface area contributed by atoms with Crippen molar-refractivity contribution in [2.75, 3.05) is 0 Å². The zero-order chi connectivity index (χ0) is 12.3. The Balaban J connectivity index is 2.32. The number of carbonyl (C=O) groups excluding carboxylic acids is 1. The number of ether oxygens (including phenoxy) is 1. The van der Waals surface area contributed by atoms with E-state index in [0.29, 0.717) is 11.3 Å². The summed E-state index contributed by atoms with van der Waals surface area (Å²) in [5, 5.41) is 0. The van der Waals surface area contributed by atoms with Gasteiger partial charge in [-0.15, -0.1) is 0 Å². The second-order valence-corrected chi connectivity index (χ2v) is 3.62. The number of hydrogen-bond donors (Lipinski definition) is 0. The summed E-state index contributed by atoms with van der Waals surface area (Å²) in [5.41, 5.74) is 0.428. The van der Waals surface area contributed by atoms with E-state index in [1.54, 1.807) is 24.3 Å². The van der Waals surface area contributed by atoms with E-state index in [2.05, 4.69) is 0 Å². The van der Waals surface area contributed by atoms with Crippen molar-refractivity contribution in [1.82, 2.24) is 0 Å². The summed E-state index contributed by atoms with van der Waals surface area (Å²) in [6.07, 6.45) is 0. The van der Waals surface area contributed by atoms with Gasteiger partial charge in [-0.25, -0.2) is 4.39 Å². The van der Waals surface area contributed by atoms with E-state index in [1.807, 2.05) is 6.07 Å². The number of para-hydroxylation sites is 1. The maximum absolute atomic E-state index is 13.5. The molecule has 2 rings (SSSR count). The van der Waals surface area contributed by atoms with Gasteiger partial charge in [-0.1, -0.05) is 18.2 Å². The Labute approximate surface area is 98.7 Å². The fourth-order valence-electron chi connectivity index (χ4n) is 1.42. The molecule has 0 saturated carbocycles. The SMILES string of the molecule is CC(=O)c1ccc(F)c(Oc2ccccc2)c1. The first-order chi connectivity index (χ1) is 8.16. The van der Waals surface area contributed by atoms with Crippen LogP contribution in [0.15, 0.2) is 48.5 Å². The van der Waals surface area contributed by atoms with Gasteiger partial charge in [0.25, 0.3) is 0 Å². The Morgan fingerprint density at radius 2 is 1.82 bits per heavy atom. The minimum absolute atomic E-state index is 0.0592. The van der Waals surface area contributed by atoms with Gasteiger partial charge < -0.3 is 4.74 Å². The van der Waals surface area contributed by atoms with Gasteiger partial charge in [0.2, 0.25) is 0 Å². The molecule has 86 valence electrons. The van der Waals surface area contributed by atoms with Gasteiger partial charge in [-0.3, -0.25) is 4.79 Å². The van der Waals surface area contributed by atoms with Gasteiger partial charge in [0.15, 0.2) is 17.3 Å². The molecule has 0 aliphatic carbocycles. The van der Waals surface area contributed by atoms with Crippen molar-refractivity contribution in [2.45, 2.75) is 6.92 Å². The van der Waals surface area contributed by atoms with Crippen molar-refractivity contribution in [2.24, 2.45) is 0 Å². The van der Waals surface area contributed by atoms with Crippen LogP contribution in [0.1, 0.15) is 17.3 Å². The molecule has 17 heavy (non-hydrogen) atoms. The highest BCUT2D eigenvalue weighted by molar-refractivity contribution is 5.94. The quantitative estimate of drug-likeness (QED) is 0.749. The Kier molecular flexibility index (Phi) is 3.19. The maximum Gasteiger partial charge on any atom is 0.165 e. The fourth-order valence-corrected chi connectivity index (χ4v) is 1.42. The Morgan fingerprint density at radius 3 is 2.47 bits per heavy atom. The van der Waals surface area contributed by atoms with E-state index >= 15 is 0 Å². The lowest BCUT2D eigenvalue weighted by molar-refractivity contribution is 0.101. The van der Waals surface area contributed by atoms with Crippen LogP contribution in [0, 0.1) is 5.82 Å². The molecule has 0 unspecified atom stereocenters. The zero-order valence-electron chi connectivity index (χ0n) is 9.31. The third-order valence-corrected chi connectivity index (χ3v) is 2.31. The second kappa shape index (κ2) is 4.78. The average Bonchev–Trinajstić information content (AvgIpc) is 2.33. The van der Waals surface area contributed by atoms with Crippen LogP contribution in [-0.2, 0) is 0 Å². The molecule has 0 saturated heterocycles. The van der Waals surface area contributed by atoms with Crippen LogP contribution < -0.4 is 4.74 Å². The largest absolute Gasteiger partial charge is 0.454 e. The highest BCUT2D eigenvalue weighted by Crippen LogP contribution is 2.25. The Bertz CT molecular complexity index is 535. The third kappa shape index (κ3) is 2.69. The van der Waals surface area contributed by atoms with Crippen LogP contribution in [0.3, 0.4) is 0 Å². The number of halogens is 1. The molecule has 2 aromatic carbocycles. The molecule has 0 atom stereocenters. The summed E-state index contributed by atoms with van der Waals surface area (Å²) in [4.78, 5) is 11.2. The van der Waals surface area contributed by atoms with E-state index in [1.165, 1.54) is 25.1 Å². The van der Waals surface area contributed by atoms with Crippen LogP contribution in [0.5, 0.6) is 11.5 Å². The van der Waals surface area contributed by atoms with Crippen molar-refractivity contribution in [1.29, 1.82) is 0 Å². The number of carbonyl (C=O) groups is 1. The number of hydrogen-bond acceptors (Lipinski definition) is 2. The van der Waals surface area contributed by atoms with E-state index in [0.717, 1.165) is 0 Å². The molecule has 0 aromatic heterocycles. The van der Waals surface area contributed by atoms with Crippen molar-refractivity contribution < 1.29 is 13.9 Å². The van der Waals surface area contributed by atoms with Gasteiger partial charge in [-0.05, 0) is 37.3 Å². The number of ketones is 1.